The van der Waals surface area contributed by atoms with E-state index >= 15 is 0 Å². The molecule has 0 aromatic carbocycles. The number of hydrogen-bond donors (Lipinski definition) is 1. The molecule has 18 heavy (non-hydrogen) atoms. The molecule has 1 aromatic rings. The Labute approximate surface area is 105 Å². The largest absolute Gasteiger partial charge is 0.481 e. The summed E-state index contributed by atoms with van der Waals surface area (Å²) in [6.07, 6.45) is 4.69. The Morgan fingerprint density at radius 2 is 2.22 bits per heavy atom. The van der Waals surface area contributed by atoms with Crippen molar-refractivity contribution >= 4 is 11.9 Å². The second-order valence-electron chi connectivity index (χ2n) is 4.81. The second kappa shape index (κ2) is 5.25. The van der Waals surface area contributed by atoms with Gasteiger partial charge in [0.1, 0.15) is 12.2 Å². The van der Waals surface area contributed by atoms with Crippen LogP contribution in [0.2, 0.25) is 0 Å². The van der Waals surface area contributed by atoms with E-state index in [2.05, 4.69) is 0 Å². The number of carboxylic acids is 1. The third kappa shape index (κ3) is 2.72. The molecule has 1 aliphatic carbocycles. The number of aliphatic carboxylic acids is 1. The van der Waals surface area contributed by atoms with Crippen LogP contribution in [0.4, 0.5) is 0 Å². The van der Waals surface area contributed by atoms with Gasteiger partial charge in [0.05, 0.1) is 11.8 Å². The van der Waals surface area contributed by atoms with E-state index in [0.29, 0.717) is 11.5 Å². The van der Waals surface area contributed by atoms with Crippen LogP contribution in [0.25, 0.3) is 0 Å². The third-order valence-electron chi connectivity index (χ3n) is 3.39. The summed E-state index contributed by atoms with van der Waals surface area (Å²) in [5, 5.41) is 8.74. The van der Waals surface area contributed by atoms with Crippen molar-refractivity contribution in [3.63, 3.8) is 0 Å². The fourth-order valence-electron chi connectivity index (χ4n) is 2.16. The minimum absolute atomic E-state index is 0.160. The first-order valence-corrected chi connectivity index (χ1v) is 6.11. The number of furan rings is 1. The van der Waals surface area contributed by atoms with Gasteiger partial charge in [-0.3, -0.25) is 9.59 Å². The van der Waals surface area contributed by atoms with Crippen LogP contribution in [-0.4, -0.2) is 35.5 Å². The molecule has 2 rings (SSSR count). The van der Waals surface area contributed by atoms with Gasteiger partial charge in [-0.1, -0.05) is 6.42 Å². The van der Waals surface area contributed by atoms with E-state index in [0.717, 1.165) is 6.54 Å². The van der Waals surface area contributed by atoms with E-state index in [4.69, 9.17) is 9.52 Å². The summed E-state index contributed by atoms with van der Waals surface area (Å²) in [5.41, 5.74) is 0.360. The Morgan fingerprint density at radius 1 is 1.50 bits per heavy atom. The van der Waals surface area contributed by atoms with Crippen molar-refractivity contribution in [1.82, 2.24) is 4.90 Å². The molecule has 0 bridgehead atoms. The van der Waals surface area contributed by atoms with Crippen molar-refractivity contribution < 1.29 is 19.1 Å². The zero-order valence-corrected chi connectivity index (χ0v) is 10.4. The molecule has 5 nitrogen and oxygen atoms in total. The van der Waals surface area contributed by atoms with Gasteiger partial charge in [-0.15, -0.1) is 0 Å². The molecule has 0 unspecified atom stereocenters. The molecule has 0 spiro atoms. The molecule has 0 aliphatic heterocycles. The Kier molecular flexibility index (Phi) is 3.69. The fourth-order valence-corrected chi connectivity index (χ4v) is 2.16. The van der Waals surface area contributed by atoms with E-state index in [1.807, 2.05) is 0 Å². The van der Waals surface area contributed by atoms with Gasteiger partial charge in [-0.2, -0.15) is 0 Å². The SMILES string of the molecule is CN(CC1CCC1)C(=O)c1ccoc1CC(=O)O. The van der Waals surface area contributed by atoms with Crippen molar-refractivity contribution in [1.29, 1.82) is 0 Å². The molecule has 1 aromatic heterocycles. The predicted octanol–water partition coefficient (Wildman–Crippen LogP) is 1.78. The standard InChI is InChI=1S/C13H17NO4/c1-14(8-9-3-2-4-9)13(17)10-5-6-18-11(10)7-12(15)16/h5-6,9H,2-4,7-8H2,1H3,(H,15,16). The molecule has 5 heteroatoms. The maximum absolute atomic E-state index is 12.2. The van der Waals surface area contributed by atoms with Crippen molar-refractivity contribution in [2.24, 2.45) is 5.92 Å². The Hall–Kier alpha value is -1.78. The topological polar surface area (TPSA) is 70.8 Å². The van der Waals surface area contributed by atoms with Gasteiger partial charge in [0.15, 0.2) is 0 Å². The molecule has 0 atom stereocenters. The molecule has 0 radical (unpaired) electrons. The van der Waals surface area contributed by atoms with Crippen LogP contribution in [0.3, 0.4) is 0 Å². The van der Waals surface area contributed by atoms with E-state index < -0.39 is 5.97 Å². The predicted molar refractivity (Wildman–Crippen MR) is 64.3 cm³/mol. The number of carbonyl (C=O) groups is 2. The van der Waals surface area contributed by atoms with Crippen LogP contribution in [0.15, 0.2) is 16.7 Å². The molecule has 1 saturated carbocycles. The number of carboxylic acid groups (broad SMARTS) is 1. The van der Waals surface area contributed by atoms with E-state index in [1.54, 1.807) is 11.9 Å². The van der Waals surface area contributed by atoms with E-state index in [-0.39, 0.29) is 18.1 Å². The Balaban J connectivity index is 2.02. The number of amides is 1. The lowest BCUT2D eigenvalue weighted by Crippen LogP contribution is -2.34. The van der Waals surface area contributed by atoms with Gasteiger partial charge in [-0.05, 0) is 24.8 Å². The maximum Gasteiger partial charge on any atom is 0.311 e. The van der Waals surface area contributed by atoms with Crippen LogP contribution >= 0.6 is 0 Å². The average Bonchev–Trinajstić information content (AvgIpc) is 2.69. The quantitative estimate of drug-likeness (QED) is 0.865. The van der Waals surface area contributed by atoms with Crippen LogP contribution in [0.5, 0.6) is 0 Å². The number of hydrogen-bond acceptors (Lipinski definition) is 3. The molecule has 1 aliphatic rings. The smallest absolute Gasteiger partial charge is 0.311 e. The lowest BCUT2D eigenvalue weighted by molar-refractivity contribution is -0.136. The number of nitrogens with zero attached hydrogens (tertiary/aromatic N) is 1. The zero-order valence-electron chi connectivity index (χ0n) is 10.4. The maximum atomic E-state index is 12.2. The van der Waals surface area contributed by atoms with Crippen LogP contribution in [-0.2, 0) is 11.2 Å². The first-order chi connectivity index (χ1) is 8.58. The fraction of sp³-hybridized carbons (Fsp3) is 0.538. The van der Waals surface area contributed by atoms with Crippen LogP contribution in [0.1, 0.15) is 35.4 Å². The highest BCUT2D eigenvalue weighted by atomic mass is 16.4. The second-order valence-corrected chi connectivity index (χ2v) is 4.81. The Bertz CT molecular complexity index is 448. The van der Waals surface area contributed by atoms with Crippen LogP contribution < -0.4 is 0 Å². The van der Waals surface area contributed by atoms with Gasteiger partial charge >= 0.3 is 5.97 Å². The summed E-state index contributed by atoms with van der Waals surface area (Å²) in [5.74, 6) is -0.339. The van der Waals surface area contributed by atoms with E-state index in [9.17, 15) is 9.59 Å². The summed E-state index contributed by atoms with van der Waals surface area (Å²) >= 11 is 0. The summed E-state index contributed by atoms with van der Waals surface area (Å²) in [7, 11) is 1.75. The molecule has 1 N–H and O–H groups in total. The van der Waals surface area contributed by atoms with Crippen molar-refractivity contribution in [3.8, 4) is 0 Å². The van der Waals surface area contributed by atoms with Gasteiger partial charge in [-0.25, -0.2) is 0 Å². The lowest BCUT2D eigenvalue weighted by atomic mass is 9.85. The number of rotatable bonds is 5. The van der Waals surface area contributed by atoms with E-state index in [1.165, 1.54) is 31.6 Å². The van der Waals surface area contributed by atoms with Crippen molar-refractivity contribution in [2.45, 2.75) is 25.7 Å². The normalized spacial score (nSPS) is 15.2. The highest BCUT2D eigenvalue weighted by molar-refractivity contribution is 5.95. The van der Waals surface area contributed by atoms with Crippen molar-refractivity contribution in [3.05, 3.63) is 23.7 Å². The lowest BCUT2D eigenvalue weighted by Gasteiger charge is -2.30. The molecule has 98 valence electrons. The van der Waals surface area contributed by atoms with Gasteiger partial charge in [0, 0.05) is 13.6 Å². The molecule has 1 heterocycles. The first-order valence-electron chi connectivity index (χ1n) is 6.11. The highest BCUT2D eigenvalue weighted by Crippen LogP contribution is 2.27. The third-order valence-corrected chi connectivity index (χ3v) is 3.39. The molecular formula is C13H17NO4. The van der Waals surface area contributed by atoms with Gasteiger partial charge < -0.3 is 14.4 Å². The minimum Gasteiger partial charge on any atom is -0.481 e. The summed E-state index contributed by atoms with van der Waals surface area (Å²) in [6, 6.07) is 1.54. The molecule has 1 amide bonds. The Morgan fingerprint density at radius 3 is 2.78 bits per heavy atom. The highest BCUT2D eigenvalue weighted by Gasteiger charge is 2.24. The molecule has 0 saturated heterocycles. The van der Waals surface area contributed by atoms with Crippen LogP contribution in [0, 0.1) is 5.92 Å². The van der Waals surface area contributed by atoms with Gasteiger partial charge in [0.2, 0.25) is 0 Å². The zero-order chi connectivity index (χ0) is 13.1. The summed E-state index contributed by atoms with van der Waals surface area (Å²) < 4.78 is 5.06. The van der Waals surface area contributed by atoms with Crippen molar-refractivity contribution in [2.75, 3.05) is 13.6 Å². The minimum atomic E-state index is -0.999. The molecule has 1 fully saturated rings. The monoisotopic (exact) mass is 251 g/mol. The first kappa shape index (κ1) is 12.7. The average molecular weight is 251 g/mol. The summed E-state index contributed by atoms with van der Waals surface area (Å²) in [4.78, 5) is 24.5. The van der Waals surface area contributed by atoms with Gasteiger partial charge in [0.25, 0.3) is 5.91 Å². The molecular weight excluding hydrogens is 234 g/mol. The number of carbonyl (C=O) groups excluding carboxylic acids is 1. The summed E-state index contributed by atoms with van der Waals surface area (Å²) in [6.45, 7) is 0.733.